The highest BCUT2D eigenvalue weighted by molar-refractivity contribution is 7.20. The van der Waals surface area contributed by atoms with Crippen LogP contribution in [0.3, 0.4) is 0 Å². The van der Waals surface area contributed by atoms with E-state index < -0.39 is 0 Å². The number of nitrogens with one attached hydrogen (secondary N) is 1. The van der Waals surface area contributed by atoms with Crippen LogP contribution in [0.5, 0.6) is 5.19 Å². The lowest BCUT2D eigenvalue weighted by Gasteiger charge is -2.09. The van der Waals surface area contributed by atoms with E-state index in [0.29, 0.717) is 6.04 Å². The Morgan fingerprint density at radius 3 is 3.06 bits per heavy atom. The van der Waals surface area contributed by atoms with Gasteiger partial charge in [-0.3, -0.25) is 0 Å². The van der Waals surface area contributed by atoms with E-state index >= 15 is 0 Å². The van der Waals surface area contributed by atoms with E-state index in [4.69, 9.17) is 4.74 Å². The number of nitrogens with zero attached hydrogens (tertiary/aromatic N) is 1. The molecule has 0 spiro atoms. The molecule has 5 heteroatoms. The Kier molecular flexibility index (Phi) is 4.20. The first-order chi connectivity index (χ1) is 7.92. The monoisotopic (exact) mass is 270 g/mol. The molecular formula is C12H15ClN2OS. The highest BCUT2D eigenvalue weighted by Crippen LogP contribution is 2.27. The number of aromatic nitrogens is 1. The molecule has 0 amide bonds. The van der Waals surface area contributed by atoms with Gasteiger partial charge in [-0.15, -0.1) is 12.4 Å². The van der Waals surface area contributed by atoms with Crippen molar-refractivity contribution in [1.82, 2.24) is 10.3 Å². The molecule has 92 valence electrons. The lowest BCUT2D eigenvalue weighted by Crippen LogP contribution is -2.28. The lowest BCUT2D eigenvalue weighted by atomic mass is 10.2. The van der Waals surface area contributed by atoms with E-state index in [9.17, 15) is 0 Å². The number of ether oxygens (including phenoxy) is 1. The van der Waals surface area contributed by atoms with Crippen LogP contribution in [0.25, 0.3) is 10.2 Å². The largest absolute Gasteiger partial charge is 0.468 e. The number of fused-ring (bicyclic) bond motifs is 1. The number of hydrogen-bond acceptors (Lipinski definition) is 4. The van der Waals surface area contributed by atoms with Gasteiger partial charge in [0.15, 0.2) is 0 Å². The summed E-state index contributed by atoms with van der Waals surface area (Å²) in [6.07, 6.45) is 2.47. The van der Waals surface area contributed by atoms with E-state index in [0.717, 1.165) is 23.9 Å². The van der Waals surface area contributed by atoms with Crippen LogP contribution in [-0.4, -0.2) is 24.2 Å². The molecule has 0 aliphatic carbocycles. The minimum atomic E-state index is 0. The molecule has 1 aromatic carbocycles. The Morgan fingerprint density at radius 2 is 2.29 bits per heavy atom. The zero-order chi connectivity index (χ0) is 10.8. The van der Waals surface area contributed by atoms with Crippen molar-refractivity contribution in [2.24, 2.45) is 0 Å². The van der Waals surface area contributed by atoms with Gasteiger partial charge >= 0.3 is 0 Å². The number of para-hydroxylation sites is 1. The maximum atomic E-state index is 5.72. The molecule has 2 aromatic rings. The van der Waals surface area contributed by atoms with Crippen molar-refractivity contribution < 1.29 is 4.74 Å². The summed E-state index contributed by atoms with van der Waals surface area (Å²) >= 11 is 1.62. The first-order valence-corrected chi connectivity index (χ1v) is 6.45. The van der Waals surface area contributed by atoms with E-state index in [1.54, 1.807) is 11.3 Å². The molecule has 3 nitrogen and oxygen atoms in total. The third-order valence-corrected chi connectivity index (χ3v) is 3.79. The molecule has 0 radical (unpaired) electrons. The number of halogens is 1. The molecule has 0 saturated carbocycles. The van der Waals surface area contributed by atoms with Gasteiger partial charge in [-0.25, -0.2) is 4.98 Å². The standard InChI is InChI=1S/C12H14N2OS.ClH/c1-2-6-11-10(5-1)14-12(16-11)15-8-9-4-3-7-13-9;/h1-2,5-6,9,13H,3-4,7-8H2;1H. The smallest absolute Gasteiger partial charge is 0.274 e. The SMILES string of the molecule is Cl.c1ccc2sc(OCC3CCCN3)nc2c1. The molecule has 1 N–H and O–H groups in total. The van der Waals surface area contributed by atoms with Crippen molar-refractivity contribution in [2.45, 2.75) is 18.9 Å². The highest BCUT2D eigenvalue weighted by atomic mass is 35.5. The molecule has 2 heterocycles. The van der Waals surface area contributed by atoms with E-state index in [-0.39, 0.29) is 12.4 Å². The third-order valence-electron chi connectivity index (χ3n) is 2.84. The number of benzene rings is 1. The van der Waals surface area contributed by atoms with Gasteiger partial charge in [0, 0.05) is 6.04 Å². The molecule has 1 unspecified atom stereocenters. The minimum Gasteiger partial charge on any atom is -0.468 e. The summed E-state index contributed by atoms with van der Waals surface area (Å²) < 4.78 is 6.91. The van der Waals surface area contributed by atoms with Crippen molar-refractivity contribution in [2.75, 3.05) is 13.2 Å². The van der Waals surface area contributed by atoms with Crippen molar-refractivity contribution >= 4 is 34.0 Å². The number of thiazole rings is 1. The predicted molar refractivity (Wildman–Crippen MR) is 73.4 cm³/mol. The Bertz CT molecular complexity index is 449. The van der Waals surface area contributed by atoms with E-state index in [1.165, 1.54) is 17.5 Å². The van der Waals surface area contributed by atoms with Gasteiger partial charge in [-0.2, -0.15) is 0 Å². The van der Waals surface area contributed by atoms with Crippen molar-refractivity contribution in [3.63, 3.8) is 0 Å². The lowest BCUT2D eigenvalue weighted by molar-refractivity contribution is 0.276. The molecule has 0 bridgehead atoms. The molecule has 17 heavy (non-hydrogen) atoms. The van der Waals surface area contributed by atoms with Gasteiger partial charge in [0.1, 0.15) is 6.61 Å². The molecule has 1 atom stereocenters. The van der Waals surface area contributed by atoms with Crippen molar-refractivity contribution in [1.29, 1.82) is 0 Å². The van der Waals surface area contributed by atoms with Crippen LogP contribution >= 0.6 is 23.7 Å². The second-order valence-electron chi connectivity index (χ2n) is 4.05. The topological polar surface area (TPSA) is 34.1 Å². The van der Waals surface area contributed by atoms with Crippen LogP contribution in [-0.2, 0) is 0 Å². The van der Waals surface area contributed by atoms with Crippen LogP contribution in [0.2, 0.25) is 0 Å². The highest BCUT2D eigenvalue weighted by Gasteiger charge is 2.15. The van der Waals surface area contributed by atoms with Crippen LogP contribution in [0.15, 0.2) is 24.3 Å². The molecule has 1 aromatic heterocycles. The maximum absolute atomic E-state index is 5.72. The first-order valence-electron chi connectivity index (χ1n) is 5.63. The summed E-state index contributed by atoms with van der Waals surface area (Å²) in [4.78, 5) is 4.44. The zero-order valence-corrected chi connectivity index (χ0v) is 11.0. The van der Waals surface area contributed by atoms with Gasteiger partial charge < -0.3 is 10.1 Å². The molecule has 1 saturated heterocycles. The fraction of sp³-hybridized carbons (Fsp3) is 0.417. The number of rotatable bonds is 3. The maximum Gasteiger partial charge on any atom is 0.274 e. The zero-order valence-electron chi connectivity index (χ0n) is 9.39. The Hall–Kier alpha value is -0.840. The molecule has 1 aliphatic heterocycles. The minimum absolute atomic E-state index is 0. The fourth-order valence-corrected chi connectivity index (χ4v) is 2.81. The average molecular weight is 271 g/mol. The number of hydrogen-bond donors (Lipinski definition) is 1. The Balaban J connectivity index is 0.00000108. The van der Waals surface area contributed by atoms with Crippen molar-refractivity contribution in [3.05, 3.63) is 24.3 Å². The molecule has 1 fully saturated rings. The first kappa shape index (κ1) is 12.6. The summed E-state index contributed by atoms with van der Waals surface area (Å²) in [5, 5.41) is 4.20. The van der Waals surface area contributed by atoms with Crippen LogP contribution in [0.4, 0.5) is 0 Å². The molecular weight excluding hydrogens is 256 g/mol. The summed E-state index contributed by atoms with van der Waals surface area (Å²) in [7, 11) is 0. The van der Waals surface area contributed by atoms with Crippen LogP contribution < -0.4 is 10.1 Å². The predicted octanol–water partition coefficient (Wildman–Crippen LogP) is 2.85. The van der Waals surface area contributed by atoms with Gasteiger partial charge in [0.2, 0.25) is 0 Å². The van der Waals surface area contributed by atoms with Gasteiger partial charge in [-0.05, 0) is 31.5 Å². The molecule has 1 aliphatic rings. The van der Waals surface area contributed by atoms with E-state index in [2.05, 4.69) is 16.4 Å². The summed E-state index contributed by atoms with van der Waals surface area (Å²) in [6, 6.07) is 8.64. The molecule has 3 rings (SSSR count). The Morgan fingerprint density at radius 1 is 1.41 bits per heavy atom. The van der Waals surface area contributed by atoms with E-state index in [1.807, 2.05) is 18.2 Å². The quantitative estimate of drug-likeness (QED) is 0.931. The average Bonchev–Trinajstić information content (AvgIpc) is 2.95. The summed E-state index contributed by atoms with van der Waals surface area (Å²) in [5.41, 5.74) is 1.03. The van der Waals surface area contributed by atoms with Crippen LogP contribution in [0.1, 0.15) is 12.8 Å². The third kappa shape index (κ3) is 2.89. The van der Waals surface area contributed by atoms with Gasteiger partial charge in [-0.1, -0.05) is 23.5 Å². The normalized spacial score (nSPS) is 19.2. The summed E-state index contributed by atoms with van der Waals surface area (Å²) in [5.74, 6) is 0. The van der Waals surface area contributed by atoms with Crippen LogP contribution in [0, 0.1) is 0 Å². The van der Waals surface area contributed by atoms with Crippen molar-refractivity contribution in [3.8, 4) is 5.19 Å². The second kappa shape index (κ2) is 5.67. The summed E-state index contributed by atoms with van der Waals surface area (Å²) in [6.45, 7) is 1.85. The van der Waals surface area contributed by atoms with Gasteiger partial charge in [0.25, 0.3) is 5.19 Å². The second-order valence-corrected chi connectivity index (χ2v) is 5.04. The fourth-order valence-electron chi connectivity index (χ4n) is 1.98. The Labute approximate surface area is 111 Å². The van der Waals surface area contributed by atoms with Gasteiger partial charge in [0.05, 0.1) is 10.2 Å².